The second kappa shape index (κ2) is 9.12. The monoisotopic (exact) mass is 504 g/mol. The predicted molar refractivity (Wildman–Crippen MR) is 129 cm³/mol. The number of rotatable bonds is 6. The minimum Gasteiger partial charge on any atom is -0.286 e. The third-order valence-corrected chi connectivity index (χ3v) is 6.92. The van der Waals surface area contributed by atoms with E-state index in [1.54, 1.807) is 19.9 Å². The first-order valence-corrected chi connectivity index (χ1v) is 11.3. The van der Waals surface area contributed by atoms with Gasteiger partial charge in [-0.15, -0.1) is 0 Å². The highest BCUT2D eigenvalue weighted by Gasteiger charge is 2.38. The number of aromatic nitrogens is 1. The van der Waals surface area contributed by atoms with Crippen LogP contribution in [0.15, 0.2) is 53.0 Å². The first-order chi connectivity index (χ1) is 15.8. The van der Waals surface area contributed by atoms with Crippen molar-refractivity contribution < 1.29 is 9.72 Å². The second-order valence-electron chi connectivity index (χ2n) is 8.12. The Hall–Kier alpha value is -3.57. The van der Waals surface area contributed by atoms with Gasteiger partial charge in [0.25, 0.3) is 0 Å². The van der Waals surface area contributed by atoms with Gasteiger partial charge in [-0.2, -0.15) is 5.26 Å². The Morgan fingerprint density at radius 2 is 1.94 bits per heavy atom. The minimum atomic E-state index is -0.492. The number of hydrogen-bond acceptors (Lipinski definition) is 5. The van der Waals surface area contributed by atoms with Gasteiger partial charge < -0.3 is 0 Å². The van der Waals surface area contributed by atoms with Crippen molar-refractivity contribution in [2.45, 2.75) is 33.2 Å². The van der Waals surface area contributed by atoms with Crippen LogP contribution in [0.5, 0.6) is 0 Å². The summed E-state index contributed by atoms with van der Waals surface area (Å²) < 4.78 is 0.552. The van der Waals surface area contributed by atoms with Crippen LogP contribution in [-0.2, 0) is 11.3 Å². The molecule has 8 heteroatoms. The van der Waals surface area contributed by atoms with Crippen molar-refractivity contribution in [1.82, 2.24) is 4.98 Å². The zero-order valence-electron chi connectivity index (χ0n) is 18.2. The molecule has 1 saturated carbocycles. The van der Waals surface area contributed by atoms with Gasteiger partial charge in [0.2, 0.25) is 11.7 Å². The van der Waals surface area contributed by atoms with Crippen molar-refractivity contribution in [2.24, 2.45) is 5.92 Å². The molecule has 1 heterocycles. The standard InChI is InChI=1S/C25H21BrN4O3/c1-15-22(26)16(2)28-24(23(15)30(32)33)29(25(31)19-9-10-19)14-17-8-11-21(20(12-17)13-27)18-6-4-3-5-7-18/h3-8,11-12,19H,9-10,14H2,1-2H3. The maximum Gasteiger partial charge on any atom is 0.316 e. The quantitative estimate of drug-likeness (QED) is 0.309. The summed E-state index contributed by atoms with van der Waals surface area (Å²) in [4.78, 5) is 30.5. The molecule has 0 saturated heterocycles. The number of hydrogen-bond donors (Lipinski definition) is 0. The molecular weight excluding hydrogens is 484 g/mol. The fourth-order valence-electron chi connectivity index (χ4n) is 3.85. The molecule has 0 aliphatic heterocycles. The largest absolute Gasteiger partial charge is 0.316 e. The zero-order valence-corrected chi connectivity index (χ0v) is 19.8. The van der Waals surface area contributed by atoms with Crippen molar-refractivity contribution in [3.8, 4) is 17.2 Å². The Labute approximate surface area is 200 Å². The number of carbonyl (C=O) groups is 1. The van der Waals surface area contributed by atoms with E-state index in [4.69, 9.17) is 0 Å². The predicted octanol–water partition coefficient (Wildman–Crippen LogP) is 5.85. The molecule has 0 unspecified atom stereocenters. The fraction of sp³-hybridized carbons (Fsp3) is 0.240. The van der Waals surface area contributed by atoms with Crippen LogP contribution >= 0.6 is 15.9 Å². The normalized spacial score (nSPS) is 12.8. The molecule has 4 rings (SSSR count). The van der Waals surface area contributed by atoms with Crippen LogP contribution in [0, 0.1) is 41.2 Å². The van der Waals surface area contributed by atoms with E-state index in [0.717, 1.165) is 24.0 Å². The Morgan fingerprint density at radius 1 is 1.24 bits per heavy atom. The van der Waals surface area contributed by atoms with Gasteiger partial charge in [-0.1, -0.05) is 42.5 Å². The number of aryl methyl sites for hydroxylation is 1. The van der Waals surface area contributed by atoms with E-state index < -0.39 is 4.92 Å². The first kappa shape index (κ1) is 22.6. The number of halogens is 1. The number of anilines is 1. The summed E-state index contributed by atoms with van der Waals surface area (Å²) in [7, 11) is 0. The Bertz CT molecular complexity index is 1300. The number of nitriles is 1. The summed E-state index contributed by atoms with van der Waals surface area (Å²) >= 11 is 3.37. The van der Waals surface area contributed by atoms with Crippen LogP contribution < -0.4 is 4.90 Å². The van der Waals surface area contributed by atoms with Crippen LogP contribution in [0.2, 0.25) is 0 Å². The van der Waals surface area contributed by atoms with Crippen LogP contribution in [0.25, 0.3) is 11.1 Å². The summed E-state index contributed by atoms with van der Waals surface area (Å²) in [5, 5.41) is 21.7. The van der Waals surface area contributed by atoms with Gasteiger partial charge in [0.05, 0.1) is 28.8 Å². The average Bonchev–Trinajstić information content (AvgIpc) is 3.66. The number of pyridine rings is 1. The van der Waals surface area contributed by atoms with Gasteiger partial charge in [0.15, 0.2) is 0 Å². The summed E-state index contributed by atoms with van der Waals surface area (Å²) in [6.07, 6.45) is 1.52. The number of benzene rings is 2. The first-order valence-electron chi connectivity index (χ1n) is 10.5. The summed E-state index contributed by atoms with van der Waals surface area (Å²) in [5.74, 6) is -0.298. The highest BCUT2D eigenvalue weighted by molar-refractivity contribution is 9.10. The number of carbonyl (C=O) groups excluding carboxylic acids is 1. The van der Waals surface area contributed by atoms with Crippen LogP contribution in [0.1, 0.15) is 35.2 Å². The van der Waals surface area contributed by atoms with Gasteiger partial charge in [0, 0.05) is 16.0 Å². The molecule has 0 bridgehead atoms. The third kappa shape index (κ3) is 4.50. The molecule has 0 atom stereocenters. The van der Waals surface area contributed by atoms with E-state index >= 15 is 0 Å². The van der Waals surface area contributed by atoms with Gasteiger partial charge >= 0.3 is 5.69 Å². The Morgan fingerprint density at radius 3 is 2.55 bits per heavy atom. The van der Waals surface area contributed by atoms with Crippen molar-refractivity contribution in [3.63, 3.8) is 0 Å². The van der Waals surface area contributed by atoms with Crippen molar-refractivity contribution in [3.05, 3.63) is 85.5 Å². The Kier molecular flexibility index (Phi) is 6.25. The highest BCUT2D eigenvalue weighted by Crippen LogP contribution is 2.40. The third-order valence-electron chi connectivity index (χ3n) is 5.75. The maximum absolute atomic E-state index is 13.2. The van der Waals surface area contributed by atoms with E-state index in [-0.39, 0.29) is 29.9 Å². The van der Waals surface area contributed by atoms with E-state index in [2.05, 4.69) is 27.0 Å². The maximum atomic E-state index is 13.2. The van der Waals surface area contributed by atoms with Crippen molar-refractivity contribution in [1.29, 1.82) is 5.26 Å². The van der Waals surface area contributed by atoms with Crippen molar-refractivity contribution >= 4 is 33.3 Å². The van der Waals surface area contributed by atoms with Crippen molar-refractivity contribution in [2.75, 3.05) is 4.90 Å². The molecule has 7 nitrogen and oxygen atoms in total. The number of amides is 1. The Balaban J connectivity index is 1.79. The lowest BCUT2D eigenvalue weighted by Crippen LogP contribution is -2.33. The topological polar surface area (TPSA) is 100 Å². The smallest absolute Gasteiger partial charge is 0.286 e. The average molecular weight is 505 g/mol. The molecule has 2 aromatic carbocycles. The van der Waals surface area contributed by atoms with E-state index in [1.807, 2.05) is 42.5 Å². The van der Waals surface area contributed by atoms with Gasteiger partial charge in [-0.3, -0.25) is 19.8 Å². The minimum absolute atomic E-state index is 0.0424. The fourth-order valence-corrected chi connectivity index (χ4v) is 4.13. The lowest BCUT2D eigenvalue weighted by atomic mass is 9.98. The molecule has 1 aromatic heterocycles. The van der Waals surface area contributed by atoms with E-state index in [0.29, 0.717) is 26.9 Å². The molecular formula is C25H21BrN4O3. The van der Waals surface area contributed by atoms with Gasteiger partial charge in [-0.25, -0.2) is 4.98 Å². The lowest BCUT2D eigenvalue weighted by molar-refractivity contribution is -0.385. The molecule has 0 N–H and O–H groups in total. The molecule has 0 spiro atoms. The van der Waals surface area contributed by atoms with Crippen LogP contribution in [0.3, 0.4) is 0 Å². The number of nitrogens with zero attached hydrogens (tertiary/aromatic N) is 4. The summed E-state index contributed by atoms with van der Waals surface area (Å²) in [6.45, 7) is 3.47. The molecule has 33 heavy (non-hydrogen) atoms. The van der Waals surface area contributed by atoms with E-state index in [1.165, 1.54) is 4.90 Å². The molecule has 0 radical (unpaired) electrons. The molecule has 1 aliphatic carbocycles. The van der Waals surface area contributed by atoms with Crippen LogP contribution in [0.4, 0.5) is 11.5 Å². The second-order valence-corrected chi connectivity index (χ2v) is 8.91. The van der Waals surface area contributed by atoms with E-state index in [9.17, 15) is 20.2 Å². The molecule has 1 amide bonds. The molecule has 3 aromatic rings. The van der Waals surface area contributed by atoms with Crippen LogP contribution in [-0.4, -0.2) is 15.8 Å². The molecule has 1 fully saturated rings. The zero-order chi connectivity index (χ0) is 23.7. The van der Waals surface area contributed by atoms with Gasteiger partial charge in [0.1, 0.15) is 0 Å². The SMILES string of the molecule is Cc1nc(N(Cc2ccc(-c3ccccc3)c(C#N)c2)C(=O)C2CC2)c([N+](=O)[O-])c(C)c1Br. The summed E-state index contributed by atoms with van der Waals surface area (Å²) in [6, 6.07) is 17.3. The number of nitro groups is 1. The highest BCUT2D eigenvalue weighted by atomic mass is 79.9. The lowest BCUT2D eigenvalue weighted by Gasteiger charge is -2.23. The molecule has 1 aliphatic rings. The van der Waals surface area contributed by atoms with Gasteiger partial charge in [-0.05, 0) is 65.4 Å². The summed E-state index contributed by atoms with van der Waals surface area (Å²) in [5.41, 5.74) is 3.69. The molecule has 166 valence electrons.